The molecular formula is C24H27N3O4S. The quantitative estimate of drug-likeness (QED) is 0.383. The number of carbonyl (C=O) groups is 1. The van der Waals surface area contributed by atoms with Crippen molar-refractivity contribution in [3.8, 4) is 5.75 Å². The van der Waals surface area contributed by atoms with Gasteiger partial charge in [-0.2, -0.15) is 0 Å². The lowest BCUT2D eigenvalue weighted by molar-refractivity contribution is 0.0947. The lowest BCUT2D eigenvalue weighted by Gasteiger charge is -2.10. The van der Waals surface area contributed by atoms with Crippen molar-refractivity contribution >= 4 is 29.0 Å². The van der Waals surface area contributed by atoms with Gasteiger partial charge in [0.1, 0.15) is 12.4 Å². The van der Waals surface area contributed by atoms with Crippen LogP contribution in [0.15, 0.2) is 41.2 Å². The number of aromatic nitrogens is 2. The van der Waals surface area contributed by atoms with Crippen molar-refractivity contribution < 1.29 is 14.3 Å². The lowest BCUT2D eigenvalue weighted by atomic mass is 10.1. The van der Waals surface area contributed by atoms with Crippen LogP contribution >= 0.6 is 12.2 Å². The molecule has 0 saturated heterocycles. The number of rotatable bonds is 9. The first-order valence-electron chi connectivity index (χ1n) is 10.9. The maximum absolute atomic E-state index is 12.8. The number of benzene rings is 2. The molecule has 168 valence electrons. The summed E-state index contributed by atoms with van der Waals surface area (Å²) in [5, 5.41) is 3.35. The number of hydrogen-bond acceptors (Lipinski definition) is 5. The third-order valence-electron chi connectivity index (χ3n) is 5.70. The lowest BCUT2D eigenvalue weighted by Crippen LogP contribution is -2.28. The summed E-state index contributed by atoms with van der Waals surface area (Å²) in [7, 11) is 1.62. The Bertz CT molecular complexity index is 1250. The fraction of sp³-hybridized carbons (Fsp3) is 0.375. The Labute approximate surface area is 191 Å². The summed E-state index contributed by atoms with van der Waals surface area (Å²) >= 11 is 5.34. The predicted octanol–water partition coefficient (Wildman–Crippen LogP) is 3.39. The number of H-pyrrole nitrogens is 1. The molecule has 32 heavy (non-hydrogen) atoms. The van der Waals surface area contributed by atoms with Gasteiger partial charge in [-0.15, -0.1) is 0 Å². The van der Waals surface area contributed by atoms with E-state index >= 15 is 0 Å². The van der Waals surface area contributed by atoms with Crippen molar-refractivity contribution in [3.05, 3.63) is 68.2 Å². The summed E-state index contributed by atoms with van der Waals surface area (Å²) in [6.07, 6.45) is 4.13. The molecule has 1 aromatic heterocycles. The number of hydrogen-bond donors (Lipinski definition) is 2. The summed E-state index contributed by atoms with van der Waals surface area (Å²) in [5.41, 5.74) is 3.59. The maximum atomic E-state index is 12.8. The third-order valence-corrected chi connectivity index (χ3v) is 6.02. The van der Waals surface area contributed by atoms with Crippen molar-refractivity contribution in [1.82, 2.24) is 14.9 Å². The van der Waals surface area contributed by atoms with Gasteiger partial charge in [0.25, 0.3) is 11.5 Å². The van der Waals surface area contributed by atoms with Crippen LogP contribution in [0.2, 0.25) is 0 Å². The standard InChI is InChI=1S/C24H27N3O4S/c1-30-12-3-11-27-23(29)20-9-7-18(15-21(20)26-24(27)32)22(28)25-10-13-31-19-8-6-16-4-2-5-17(16)14-19/h6-9,14-15H,2-5,10-13H2,1H3,(H,25,28)(H,26,32). The first kappa shape index (κ1) is 22.2. The zero-order valence-electron chi connectivity index (χ0n) is 18.1. The molecule has 0 bridgehead atoms. The van der Waals surface area contributed by atoms with Crippen LogP contribution in [-0.2, 0) is 24.1 Å². The number of fused-ring (bicyclic) bond motifs is 2. The average Bonchev–Trinajstić information content (AvgIpc) is 3.26. The molecule has 2 aromatic carbocycles. The van der Waals surface area contributed by atoms with Crippen LogP contribution in [0.3, 0.4) is 0 Å². The molecule has 0 aliphatic heterocycles. The van der Waals surface area contributed by atoms with Crippen LogP contribution in [0.25, 0.3) is 10.9 Å². The number of aromatic amines is 1. The average molecular weight is 454 g/mol. The van der Waals surface area contributed by atoms with Crippen LogP contribution in [0.1, 0.15) is 34.3 Å². The monoisotopic (exact) mass is 453 g/mol. The van der Waals surface area contributed by atoms with Crippen molar-refractivity contribution in [3.63, 3.8) is 0 Å². The van der Waals surface area contributed by atoms with E-state index in [1.807, 2.05) is 6.07 Å². The summed E-state index contributed by atoms with van der Waals surface area (Å²) in [5.74, 6) is 0.605. The van der Waals surface area contributed by atoms with Gasteiger partial charge in [0.15, 0.2) is 4.77 Å². The van der Waals surface area contributed by atoms with Crippen molar-refractivity contribution in [2.45, 2.75) is 32.2 Å². The highest BCUT2D eigenvalue weighted by Gasteiger charge is 2.12. The molecule has 2 N–H and O–H groups in total. The molecule has 0 radical (unpaired) electrons. The van der Waals surface area contributed by atoms with E-state index in [1.54, 1.807) is 25.3 Å². The molecule has 8 heteroatoms. The molecule has 1 aliphatic carbocycles. The number of nitrogens with zero attached hydrogens (tertiary/aromatic N) is 1. The van der Waals surface area contributed by atoms with Gasteiger partial charge in [0, 0.05) is 25.8 Å². The molecule has 0 fully saturated rings. The second kappa shape index (κ2) is 10.1. The third kappa shape index (κ3) is 4.92. The molecular weight excluding hydrogens is 426 g/mol. The summed E-state index contributed by atoms with van der Waals surface area (Å²) < 4.78 is 12.7. The fourth-order valence-corrected chi connectivity index (χ4v) is 4.32. The molecule has 0 spiro atoms. The Balaban J connectivity index is 1.37. The molecule has 4 rings (SSSR count). The Morgan fingerprint density at radius 2 is 2.00 bits per heavy atom. The van der Waals surface area contributed by atoms with E-state index in [0.29, 0.717) is 54.0 Å². The number of nitrogens with one attached hydrogen (secondary N) is 2. The van der Waals surface area contributed by atoms with Crippen molar-refractivity contribution in [1.29, 1.82) is 0 Å². The van der Waals surface area contributed by atoms with E-state index in [0.717, 1.165) is 18.6 Å². The normalized spacial score (nSPS) is 12.7. The Hall–Kier alpha value is -2.97. The van der Waals surface area contributed by atoms with Crippen LogP contribution in [0.5, 0.6) is 5.75 Å². The summed E-state index contributed by atoms with van der Waals surface area (Å²) in [6, 6.07) is 11.2. The number of ether oxygens (including phenoxy) is 2. The smallest absolute Gasteiger partial charge is 0.262 e. The summed E-state index contributed by atoms with van der Waals surface area (Å²) in [4.78, 5) is 28.4. The molecule has 0 unspecified atom stereocenters. The number of amides is 1. The van der Waals surface area contributed by atoms with Gasteiger partial charge in [-0.3, -0.25) is 14.2 Å². The zero-order chi connectivity index (χ0) is 22.5. The molecule has 7 nitrogen and oxygen atoms in total. The number of aryl methyl sites for hydroxylation is 2. The first-order chi connectivity index (χ1) is 15.6. The topological polar surface area (TPSA) is 85.3 Å². The minimum Gasteiger partial charge on any atom is -0.492 e. The minimum absolute atomic E-state index is 0.172. The minimum atomic E-state index is -0.229. The number of carbonyl (C=O) groups excluding carboxylic acids is 1. The molecule has 0 saturated carbocycles. The van der Waals surface area contributed by atoms with Gasteiger partial charge in [-0.05, 0) is 79.4 Å². The van der Waals surface area contributed by atoms with Gasteiger partial charge in [0.05, 0.1) is 17.4 Å². The summed E-state index contributed by atoms with van der Waals surface area (Å²) in [6.45, 7) is 1.79. The van der Waals surface area contributed by atoms with Crippen LogP contribution in [0.4, 0.5) is 0 Å². The highest BCUT2D eigenvalue weighted by atomic mass is 32.1. The Morgan fingerprint density at radius 3 is 2.84 bits per heavy atom. The fourth-order valence-electron chi connectivity index (χ4n) is 4.04. The second-order valence-corrected chi connectivity index (χ2v) is 8.27. The van der Waals surface area contributed by atoms with Gasteiger partial charge in [-0.25, -0.2) is 0 Å². The SMILES string of the molecule is COCCCn1c(=S)[nH]c2cc(C(=O)NCCOc3ccc4c(c3)CCC4)ccc2c1=O. The van der Waals surface area contributed by atoms with E-state index in [2.05, 4.69) is 22.4 Å². The van der Waals surface area contributed by atoms with Crippen molar-refractivity contribution in [2.24, 2.45) is 0 Å². The van der Waals surface area contributed by atoms with E-state index in [4.69, 9.17) is 21.7 Å². The zero-order valence-corrected chi connectivity index (χ0v) is 18.9. The van der Waals surface area contributed by atoms with Crippen LogP contribution in [0, 0.1) is 4.77 Å². The van der Waals surface area contributed by atoms with Crippen LogP contribution in [-0.4, -0.2) is 42.3 Å². The van der Waals surface area contributed by atoms with Crippen molar-refractivity contribution in [2.75, 3.05) is 26.9 Å². The molecule has 3 aromatic rings. The Kier molecular flexibility index (Phi) is 7.02. The van der Waals surface area contributed by atoms with E-state index in [1.165, 1.54) is 22.1 Å². The van der Waals surface area contributed by atoms with E-state index in [-0.39, 0.29) is 11.5 Å². The molecule has 1 heterocycles. The van der Waals surface area contributed by atoms with Gasteiger partial charge < -0.3 is 19.8 Å². The molecule has 1 aliphatic rings. The molecule has 1 amide bonds. The maximum Gasteiger partial charge on any atom is 0.262 e. The highest BCUT2D eigenvalue weighted by Crippen LogP contribution is 2.25. The Morgan fingerprint density at radius 1 is 1.16 bits per heavy atom. The first-order valence-corrected chi connectivity index (χ1v) is 11.3. The molecule has 0 atom stereocenters. The van der Waals surface area contributed by atoms with Crippen LogP contribution < -0.4 is 15.6 Å². The second-order valence-electron chi connectivity index (χ2n) is 7.88. The predicted molar refractivity (Wildman–Crippen MR) is 126 cm³/mol. The largest absolute Gasteiger partial charge is 0.492 e. The van der Waals surface area contributed by atoms with E-state index < -0.39 is 0 Å². The van der Waals surface area contributed by atoms with Gasteiger partial charge in [-0.1, -0.05) is 6.07 Å². The van der Waals surface area contributed by atoms with E-state index in [9.17, 15) is 9.59 Å². The highest BCUT2D eigenvalue weighted by molar-refractivity contribution is 7.71. The van der Waals surface area contributed by atoms with Gasteiger partial charge >= 0.3 is 0 Å². The van der Waals surface area contributed by atoms with Gasteiger partial charge in [0.2, 0.25) is 0 Å². The number of methoxy groups -OCH3 is 1.